The predicted octanol–water partition coefficient (Wildman–Crippen LogP) is 1.36. The Hall–Kier alpha value is -1.12. The highest BCUT2D eigenvalue weighted by Crippen LogP contribution is 2.22. The Morgan fingerprint density at radius 2 is 2.36 bits per heavy atom. The molecular weight excluding hydrogens is 138 g/mol. The molecule has 0 atom stereocenters. The maximum atomic E-state index is 4.23. The molecule has 3 nitrogen and oxygen atoms in total. The number of nitrogens with zero attached hydrogens (tertiary/aromatic N) is 2. The van der Waals surface area contributed by atoms with Gasteiger partial charge in [-0.2, -0.15) is 0 Å². The summed E-state index contributed by atoms with van der Waals surface area (Å²) < 4.78 is 0. The highest BCUT2D eigenvalue weighted by atomic mass is 15.1. The number of aromatic nitrogens is 2. The molecule has 0 bridgehead atoms. The first-order chi connectivity index (χ1) is 5.34. The van der Waals surface area contributed by atoms with Crippen LogP contribution in [-0.4, -0.2) is 16.0 Å². The van der Waals surface area contributed by atoms with Crippen molar-refractivity contribution < 1.29 is 0 Å². The van der Waals surface area contributed by atoms with E-state index in [2.05, 4.69) is 15.3 Å². The lowest BCUT2D eigenvalue weighted by Gasteiger charge is -2.00. The molecule has 1 aromatic heterocycles. The minimum Gasteiger partial charge on any atom is -0.351 e. The van der Waals surface area contributed by atoms with Gasteiger partial charge in [0.05, 0.1) is 0 Å². The monoisotopic (exact) mass is 149 g/mol. The third-order valence-corrected chi connectivity index (χ3v) is 1.71. The number of aryl methyl sites for hydroxylation is 1. The lowest BCUT2D eigenvalue weighted by atomic mass is 10.5. The Labute approximate surface area is 65.9 Å². The van der Waals surface area contributed by atoms with Crippen molar-refractivity contribution in [2.24, 2.45) is 0 Å². The second-order valence-electron chi connectivity index (χ2n) is 2.94. The summed E-state index contributed by atoms with van der Waals surface area (Å²) in [4.78, 5) is 8.33. The van der Waals surface area contributed by atoms with Gasteiger partial charge in [-0.3, -0.25) is 0 Å². The summed E-state index contributed by atoms with van der Waals surface area (Å²) in [5.41, 5.74) is 1.02. The van der Waals surface area contributed by atoms with Gasteiger partial charge < -0.3 is 5.32 Å². The summed E-state index contributed by atoms with van der Waals surface area (Å²) in [6, 6.07) is 2.54. The number of nitrogens with one attached hydrogen (secondary N) is 1. The van der Waals surface area contributed by atoms with Gasteiger partial charge in [0.25, 0.3) is 0 Å². The average molecular weight is 149 g/mol. The third-order valence-electron chi connectivity index (χ3n) is 1.71. The van der Waals surface area contributed by atoms with Crippen LogP contribution in [0.15, 0.2) is 12.3 Å². The molecule has 11 heavy (non-hydrogen) atoms. The highest BCUT2D eigenvalue weighted by molar-refractivity contribution is 5.28. The molecule has 1 aromatic rings. The first-order valence-electron chi connectivity index (χ1n) is 3.91. The second kappa shape index (κ2) is 2.49. The first kappa shape index (κ1) is 6.58. The zero-order valence-corrected chi connectivity index (χ0v) is 6.54. The fourth-order valence-corrected chi connectivity index (χ4v) is 0.929. The largest absolute Gasteiger partial charge is 0.351 e. The van der Waals surface area contributed by atoms with E-state index in [-0.39, 0.29) is 0 Å². The lowest BCUT2D eigenvalue weighted by molar-refractivity contribution is 1.03. The van der Waals surface area contributed by atoms with Crippen molar-refractivity contribution in [2.75, 3.05) is 5.32 Å². The molecule has 1 aliphatic rings. The maximum absolute atomic E-state index is 4.23. The molecule has 58 valence electrons. The van der Waals surface area contributed by atoms with E-state index < -0.39 is 0 Å². The molecule has 1 heterocycles. The van der Waals surface area contributed by atoms with Crippen molar-refractivity contribution >= 4 is 5.95 Å². The maximum Gasteiger partial charge on any atom is 0.223 e. The van der Waals surface area contributed by atoms with Crippen LogP contribution in [0.1, 0.15) is 18.5 Å². The minimum absolute atomic E-state index is 0.636. The zero-order valence-electron chi connectivity index (χ0n) is 6.54. The summed E-state index contributed by atoms with van der Waals surface area (Å²) in [6.45, 7) is 1.97. The predicted molar refractivity (Wildman–Crippen MR) is 43.4 cm³/mol. The van der Waals surface area contributed by atoms with Crippen molar-refractivity contribution in [1.29, 1.82) is 0 Å². The smallest absolute Gasteiger partial charge is 0.223 e. The van der Waals surface area contributed by atoms with Gasteiger partial charge in [-0.05, 0) is 25.8 Å². The molecule has 0 saturated heterocycles. The van der Waals surface area contributed by atoms with Crippen molar-refractivity contribution in [2.45, 2.75) is 25.8 Å². The Morgan fingerprint density at radius 3 is 3.00 bits per heavy atom. The lowest BCUT2D eigenvalue weighted by Crippen LogP contribution is -2.05. The van der Waals surface area contributed by atoms with E-state index in [9.17, 15) is 0 Å². The van der Waals surface area contributed by atoms with Crippen LogP contribution in [0.5, 0.6) is 0 Å². The molecule has 0 radical (unpaired) electrons. The fraction of sp³-hybridized carbons (Fsp3) is 0.500. The minimum atomic E-state index is 0.636. The number of hydrogen-bond acceptors (Lipinski definition) is 3. The highest BCUT2D eigenvalue weighted by Gasteiger charge is 2.21. The van der Waals surface area contributed by atoms with Gasteiger partial charge in [0.2, 0.25) is 5.95 Å². The third kappa shape index (κ3) is 1.67. The molecule has 0 spiro atoms. The van der Waals surface area contributed by atoms with Crippen molar-refractivity contribution in [3.8, 4) is 0 Å². The van der Waals surface area contributed by atoms with E-state index in [1.165, 1.54) is 12.8 Å². The van der Waals surface area contributed by atoms with Crippen LogP contribution in [0.4, 0.5) is 5.95 Å². The molecule has 1 N–H and O–H groups in total. The van der Waals surface area contributed by atoms with Gasteiger partial charge in [-0.1, -0.05) is 0 Å². The van der Waals surface area contributed by atoms with Crippen molar-refractivity contribution in [3.63, 3.8) is 0 Å². The van der Waals surface area contributed by atoms with E-state index in [1.54, 1.807) is 6.20 Å². The molecule has 1 aliphatic carbocycles. The molecule has 0 amide bonds. The van der Waals surface area contributed by atoms with Crippen LogP contribution in [0.2, 0.25) is 0 Å². The van der Waals surface area contributed by atoms with Crippen LogP contribution in [0, 0.1) is 6.92 Å². The number of rotatable bonds is 2. The summed E-state index contributed by atoms with van der Waals surface area (Å²) in [6.07, 6.45) is 4.31. The van der Waals surface area contributed by atoms with Crippen LogP contribution in [0.25, 0.3) is 0 Å². The number of anilines is 1. The normalized spacial score (nSPS) is 16.5. The molecule has 1 saturated carbocycles. The topological polar surface area (TPSA) is 37.8 Å². The zero-order chi connectivity index (χ0) is 7.68. The molecular formula is C8H11N3. The Morgan fingerprint density at radius 1 is 1.55 bits per heavy atom. The van der Waals surface area contributed by atoms with Crippen molar-refractivity contribution in [3.05, 3.63) is 18.0 Å². The van der Waals surface area contributed by atoms with Gasteiger partial charge >= 0.3 is 0 Å². The summed E-state index contributed by atoms with van der Waals surface area (Å²) >= 11 is 0. The van der Waals surface area contributed by atoms with Crippen molar-refractivity contribution in [1.82, 2.24) is 9.97 Å². The molecule has 0 aliphatic heterocycles. The van der Waals surface area contributed by atoms with Gasteiger partial charge in [0.15, 0.2) is 0 Å². The van der Waals surface area contributed by atoms with Gasteiger partial charge in [0.1, 0.15) is 0 Å². The molecule has 0 aromatic carbocycles. The summed E-state index contributed by atoms with van der Waals surface area (Å²) in [7, 11) is 0. The van der Waals surface area contributed by atoms with Crippen LogP contribution in [-0.2, 0) is 0 Å². The second-order valence-corrected chi connectivity index (χ2v) is 2.94. The summed E-state index contributed by atoms with van der Waals surface area (Å²) in [5, 5.41) is 3.23. The quantitative estimate of drug-likeness (QED) is 0.690. The summed E-state index contributed by atoms with van der Waals surface area (Å²) in [5.74, 6) is 0.771. The molecule has 2 rings (SSSR count). The average Bonchev–Trinajstić information content (AvgIpc) is 2.71. The van der Waals surface area contributed by atoms with E-state index in [0.29, 0.717) is 6.04 Å². The SMILES string of the molecule is Cc1ccnc(NC2CC2)n1. The van der Waals surface area contributed by atoms with Crippen LogP contribution in [0.3, 0.4) is 0 Å². The molecule has 1 fully saturated rings. The van der Waals surface area contributed by atoms with Crippen LogP contribution < -0.4 is 5.32 Å². The van der Waals surface area contributed by atoms with Crippen LogP contribution >= 0.6 is 0 Å². The molecule has 3 heteroatoms. The molecule has 0 unspecified atom stereocenters. The number of hydrogen-bond donors (Lipinski definition) is 1. The Kier molecular flexibility index (Phi) is 1.49. The van der Waals surface area contributed by atoms with E-state index in [0.717, 1.165) is 11.6 Å². The standard InChI is InChI=1S/C8H11N3/c1-6-4-5-9-8(10-6)11-7-2-3-7/h4-5,7H,2-3H2,1H3,(H,9,10,11). The Balaban J connectivity index is 2.10. The fourth-order valence-electron chi connectivity index (χ4n) is 0.929. The van der Waals surface area contributed by atoms with Gasteiger partial charge in [-0.15, -0.1) is 0 Å². The van der Waals surface area contributed by atoms with E-state index >= 15 is 0 Å². The van der Waals surface area contributed by atoms with Gasteiger partial charge in [-0.25, -0.2) is 9.97 Å². The van der Waals surface area contributed by atoms with Gasteiger partial charge in [0, 0.05) is 17.9 Å². The van der Waals surface area contributed by atoms with E-state index in [1.807, 2.05) is 13.0 Å². The Bertz CT molecular complexity index is 255. The first-order valence-corrected chi connectivity index (χ1v) is 3.91. The van der Waals surface area contributed by atoms with E-state index in [4.69, 9.17) is 0 Å².